The number of nitrogens with two attached hydrogens (primary N) is 1. The van der Waals surface area contributed by atoms with Crippen LogP contribution in [-0.2, 0) is 10.5 Å². The van der Waals surface area contributed by atoms with Gasteiger partial charge in [0.2, 0.25) is 5.91 Å². The molecule has 1 saturated carbocycles. The Labute approximate surface area is 86.1 Å². The van der Waals surface area contributed by atoms with Gasteiger partial charge in [0.25, 0.3) is 0 Å². The molecule has 80 valence electrons. The van der Waals surface area contributed by atoms with Crippen molar-refractivity contribution in [3.8, 4) is 0 Å². The standard InChI is InChI=1S/C11H11F2NO/c12-9-3-1-2-8(4-9)11(13)5-7(6-11)10(14)15/h1-4,7H,5-6H2,(H2,14,15). The Balaban J connectivity index is 2.16. The van der Waals surface area contributed by atoms with Crippen LogP contribution in [0.3, 0.4) is 0 Å². The normalized spacial score (nSPS) is 29.6. The van der Waals surface area contributed by atoms with Gasteiger partial charge in [0.15, 0.2) is 0 Å². The molecule has 15 heavy (non-hydrogen) atoms. The molecule has 0 atom stereocenters. The van der Waals surface area contributed by atoms with Gasteiger partial charge in [-0.25, -0.2) is 8.78 Å². The van der Waals surface area contributed by atoms with Crippen molar-refractivity contribution in [3.05, 3.63) is 35.6 Å². The van der Waals surface area contributed by atoms with Gasteiger partial charge < -0.3 is 5.73 Å². The number of carbonyl (C=O) groups is 1. The predicted octanol–water partition coefficient (Wildman–Crippen LogP) is 1.89. The summed E-state index contributed by atoms with van der Waals surface area (Å²) in [4.78, 5) is 10.7. The number of hydrogen-bond donors (Lipinski definition) is 1. The van der Waals surface area contributed by atoms with Crippen LogP contribution in [0.15, 0.2) is 24.3 Å². The van der Waals surface area contributed by atoms with Crippen molar-refractivity contribution in [2.45, 2.75) is 18.5 Å². The lowest BCUT2D eigenvalue weighted by molar-refractivity contribution is -0.131. The highest BCUT2D eigenvalue weighted by Crippen LogP contribution is 2.48. The lowest BCUT2D eigenvalue weighted by Crippen LogP contribution is -2.43. The van der Waals surface area contributed by atoms with E-state index in [1.54, 1.807) is 0 Å². The molecule has 1 aromatic carbocycles. The molecule has 0 saturated heterocycles. The Morgan fingerprint density at radius 1 is 1.47 bits per heavy atom. The van der Waals surface area contributed by atoms with Gasteiger partial charge in [-0.3, -0.25) is 4.79 Å². The molecule has 2 nitrogen and oxygen atoms in total. The van der Waals surface area contributed by atoms with E-state index in [0.29, 0.717) is 5.56 Å². The van der Waals surface area contributed by atoms with Gasteiger partial charge >= 0.3 is 0 Å². The van der Waals surface area contributed by atoms with Crippen molar-refractivity contribution in [1.82, 2.24) is 0 Å². The zero-order valence-electron chi connectivity index (χ0n) is 8.04. The average molecular weight is 211 g/mol. The maximum atomic E-state index is 14.1. The third kappa shape index (κ3) is 1.71. The van der Waals surface area contributed by atoms with Crippen molar-refractivity contribution < 1.29 is 13.6 Å². The van der Waals surface area contributed by atoms with Crippen LogP contribution in [0.25, 0.3) is 0 Å². The predicted molar refractivity (Wildman–Crippen MR) is 51.1 cm³/mol. The van der Waals surface area contributed by atoms with Gasteiger partial charge in [0.1, 0.15) is 11.5 Å². The molecule has 0 bridgehead atoms. The zero-order valence-corrected chi connectivity index (χ0v) is 8.04. The number of amides is 1. The summed E-state index contributed by atoms with van der Waals surface area (Å²) in [5.74, 6) is -1.37. The SMILES string of the molecule is NC(=O)C1CC(F)(c2cccc(F)c2)C1. The second-order valence-corrected chi connectivity index (χ2v) is 3.98. The molecule has 2 N–H and O–H groups in total. The number of halogens is 2. The second-order valence-electron chi connectivity index (χ2n) is 3.98. The molecule has 0 unspecified atom stereocenters. The Bertz CT molecular complexity index is 399. The van der Waals surface area contributed by atoms with Crippen molar-refractivity contribution in [2.24, 2.45) is 11.7 Å². The van der Waals surface area contributed by atoms with E-state index in [1.807, 2.05) is 0 Å². The molecule has 0 spiro atoms. The maximum absolute atomic E-state index is 14.1. The number of primary amides is 1. The van der Waals surface area contributed by atoms with Crippen molar-refractivity contribution >= 4 is 5.91 Å². The molecule has 2 rings (SSSR count). The first-order valence-corrected chi connectivity index (χ1v) is 4.75. The van der Waals surface area contributed by atoms with Gasteiger partial charge in [0, 0.05) is 5.92 Å². The molecule has 1 fully saturated rings. The number of rotatable bonds is 2. The van der Waals surface area contributed by atoms with Crippen LogP contribution in [0.4, 0.5) is 8.78 Å². The molecule has 4 heteroatoms. The summed E-state index contributed by atoms with van der Waals surface area (Å²) in [6.45, 7) is 0. The van der Waals surface area contributed by atoms with E-state index in [0.717, 1.165) is 6.07 Å². The van der Waals surface area contributed by atoms with Gasteiger partial charge in [-0.05, 0) is 30.5 Å². The first-order chi connectivity index (χ1) is 7.01. The van der Waals surface area contributed by atoms with Gasteiger partial charge in [0.05, 0.1) is 0 Å². The fourth-order valence-electron chi connectivity index (χ4n) is 1.93. The average Bonchev–Trinajstić information content (AvgIpc) is 2.12. The molecule has 1 amide bonds. The second kappa shape index (κ2) is 3.29. The van der Waals surface area contributed by atoms with E-state index in [9.17, 15) is 13.6 Å². The highest BCUT2D eigenvalue weighted by molar-refractivity contribution is 5.78. The highest BCUT2D eigenvalue weighted by atomic mass is 19.1. The molecule has 1 aliphatic carbocycles. The summed E-state index contributed by atoms with van der Waals surface area (Å²) in [5.41, 5.74) is 3.76. The number of alkyl halides is 1. The first-order valence-electron chi connectivity index (χ1n) is 4.75. The minimum absolute atomic E-state index is 0.0613. The van der Waals surface area contributed by atoms with Crippen molar-refractivity contribution in [3.63, 3.8) is 0 Å². The summed E-state index contributed by atoms with van der Waals surface area (Å²) < 4.78 is 26.9. The van der Waals surface area contributed by atoms with Gasteiger partial charge in [-0.15, -0.1) is 0 Å². The summed E-state index contributed by atoms with van der Waals surface area (Å²) in [5, 5.41) is 0. The summed E-state index contributed by atoms with van der Waals surface area (Å²) in [7, 11) is 0. The van der Waals surface area contributed by atoms with Crippen LogP contribution in [0.1, 0.15) is 18.4 Å². The highest BCUT2D eigenvalue weighted by Gasteiger charge is 2.48. The Morgan fingerprint density at radius 3 is 2.67 bits per heavy atom. The van der Waals surface area contributed by atoms with Crippen LogP contribution >= 0.6 is 0 Å². The van der Waals surface area contributed by atoms with Crippen LogP contribution in [0.5, 0.6) is 0 Å². The van der Waals surface area contributed by atoms with Crippen molar-refractivity contribution in [1.29, 1.82) is 0 Å². The third-order valence-electron chi connectivity index (χ3n) is 2.88. The van der Waals surface area contributed by atoms with Crippen LogP contribution < -0.4 is 5.73 Å². The summed E-state index contributed by atoms with van der Waals surface area (Å²) in [6.07, 6.45) is 0.123. The van der Waals surface area contributed by atoms with E-state index >= 15 is 0 Å². The molecule has 1 aliphatic rings. The monoisotopic (exact) mass is 211 g/mol. The molecular formula is C11H11F2NO. The molecule has 0 heterocycles. The Kier molecular flexibility index (Phi) is 2.21. The van der Waals surface area contributed by atoms with Crippen molar-refractivity contribution in [2.75, 3.05) is 0 Å². The lowest BCUT2D eigenvalue weighted by atomic mass is 9.68. The molecule has 0 radical (unpaired) electrons. The fraction of sp³-hybridized carbons (Fsp3) is 0.364. The largest absolute Gasteiger partial charge is 0.369 e. The summed E-state index contributed by atoms with van der Waals surface area (Å²) >= 11 is 0. The molecular weight excluding hydrogens is 200 g/mol. The zero-order chi connectivity index (χ0) is 11.1. The van der Waals surface area contributed by atoms with E-state index in [-0.39, 0.29) is 12.8 Å². The van der Waals surface area contributed by atoms with Crippen LogP contribution in [0, 0.1) is 11.7 Å². The van der Waals surface area contributed by atoms with E-state index in [2.05, 4.69) is 0 Å². The van der Waals surface area contributed by atoms with E-state index in [4.69, 9.17) is 5.73 Å². The topological polar surface area (TPSA) is 43.1 Å². The third-order valence-corrected chi connectivity index (χ3v) is 2.88. The van der Waals surface area contributed by atoms with E-state index in [1.165, 1.54) is 18.2 Å². The quantitative estimate of drug-likeness (QED) is 0.797. The minimum atomic E-state index is -1.58. The van der Waals surface area contributed by atoms with Crippen LogP contribution in [0.2, 0.25) is 0 Å². The maximum Gasteiger partial charge on any atom is 0.220 e. The first kappa shape index (κ1) is 10.1. The molecule has 0 aromatic heterocycles. The van der Waals surface area contributed by atoms with Crippen LogP contribution in [-0.4, -0.2) is 5.91 Å². The lowest BCUT2D eigenvalue weighted by Gasteiger charge is -2.40. The minimum Gasteiger partial charge on any atom is -0.369 e. The smallest absolute Gasteiger partial charge is 0.220 e. The molecule has 1 aromatic rings. The van der Waals surface area contributed by atoms with Gasteiger partial charge in [-0.2, -0.15) is 0 Å². The fourth-order valence-corrected chi connectivity index (χ4v) is 1.93. The summed E-state index contributed by atoms with van der Waals surface area (Å²) in [6, 6.07) is 5.41. The molecule has 0 aliphatic heterocycles. The Morgan fingerprint density at radius 2 is 2.13 bits per heavy atom. The van der Waals surface area contributed by atoms with Gasteiger partial charge in [-0.1, -0.05) is 12.1 Å². The Hall–Kier alpha value is -1.45. The number of hydrogen-bond acceptors (Lipinski definition) is 1. The van der Waals surface area contributed by atoms with E-state index < -0.39 is 23.3 Å². The number of carbonyl (C=O) groups excluding carboxylic acids is 1. The number of benzene rings is 1.